The van der Waals surface area contributed by atoms with E-state index in [0.717, 1.165) is 11.4 Å². The fourth-order valence-corrected chi connectivity index (χ4v) is 0.987. The normalized spacial score (nSPS) is 11.1. The van der Waals surface area contributed by atoms with Crippen LogP contribution < -0.4 is 5.32 Å². The van der Waals surface area contributed by atoms with E-state index in [1.807, 2.05) is 6.07 Å². The maximum atomic E-state index is 8.59. The van der Waals surface area contributed by atoms with Crippen molar-refractivity contribution in [3.8, 4) is 0 Å². The molecule has 0 saturated carbocycles. The summed E-state index contributed by atoms with van der Waals surface area (Å²) in [4.78, 5) is 4.10. The van der Waals surface area contributed by atoms with E-state index in [-0.39, 0.29) is 0 Å². The number of nitrogens with one attached hydrogen (secondary N) is 1. The Bertz CT molecular complexity index is 347. The topological polar surface area (TPSA) is 57.5 Å². The van der Waals surface area contributed by atoms with Gasteiger partial charge in [0.2, 0.25) is 0 Å². The minimum atomic E-state index is 0.564. The lowest BCUT2D eigenvalue weighted by molar-refractivity contribution is 0.319. The zero-order chi connectivity index (χ0) is 10.4. The first-order valence-corrected chi connectivity index (χ1v) is 4.27. The van der Waals surface area contributed by atoms with Gasteiger partial charge in [0.05, 0.1) is 5.71 Å². The highest BCUT2D eigenvalue weighted by molar-refractivity contribution is 5.98. The predicted molar refractivity (Wildman–Crippen MR) is 56.9 cm³/mol. The molecule has 74 valence electrons. The summed E-state index contributed by atoms with van der Waals surface area (Å²) < 4.78 is 0. The molecule has 1 heterocycles. The Morgan fingerprint density at radius 2 is 2.57 bits per heavy atom. The zero-order valence-corrected chi connectivity index (χ0v) is 8.07. The van der Waals surface area contributed by atoms with Crippen LogP contribution in [0.2, 0.25) is 0 Å². The molecule has 1 aromatic heterocycles. The summed E-state index contributed by atoms with van der Waals surface area (Å²) in [5.41, 5.74) is 1.41. The van der Waals surface area contributed by atoms with Gasteiger partial charge in [-0.15, -0.1) is 6.58 Å². The Kier molecular flexibility index (Phi) is 3.67. The number of pyridine rings is 1. The number of hydrogen-bond donors (Lipinski definition) is 2. The quantitative estimate of drug-likeness (QED) is 0.330. The van der Waals surface area contributed by atoms with Crippen LogP contribution in [0.25, 0.3) is 0 Å². The molecule has 0 fully saturated rings. The number of rotatable bonds is 4. The summed E-state index contributed by atoms with van der Waals surface area (Å²) in [5, 5.41) is 14.8. The smallest absolute Gasteiger partial charge is 0.126 e. The molecule has 1 aromatic rings. The van der Waals surface area contributed by atoms with E-state index in [9.17, 15) is 0 Å². The molecule has 0 spiro atoms. The molecule has 0 saturated heterocycles. The van der Waals surface area contributed by atoms with Gasteiger partial charge < -0.3 is 10.5 Å². The maximum Gasteiger partial charge on any atom is 0.126 e. The third-order valence-electron chi connectivity index (χ3n) is 1.76. The average molecular weight is 191 g/mol. The highest BCUT2D eigenvalue weighted by atomic mass is 16.4. The lowest BCUT2D eigenvalue weighted by atomic mass is 10.2. The lowest BCUT2D eigenvalue weighted by Gasteiger charge is -2.03. The number of oxime groups is 1. The molecule has 1 rings (SSSR count). The van der Waals surface area contributed by atoms with Crippen molar-refractivity contribution < 1.29 is 5.21 Å². The second kappa shape index (κ2) is 5.01. The van der Waals surface area contributed by atoms with Crippen LogP contribution in [0.15, 0.2) is 36.1 Å². The monoisotopic (exact) mass is 191 g/mol. The lowest BCUT2D eigenvalue weighted by Crippen LogP contribution is -2.02. The fourth-order valence-electron chi connectivity index (χ4n) is 0.987. The second-order valence-corrected chi connectivity index (χ2v) is 2.78. The molecular weight excluding hydrogens is 178 g/mol. The number of aromatic nitrogens is 1. The van der Waals surface area contributed by atoms with E-state index in [4.69, 9.17) is 5.21 Å². The first-order chi connectivity index (χ1) is 6.77. The van der Waals surface area contributed by atoms with Gasteiger partial charge in [0, 0.05) is 18.3 Å². The van der Waals surface area contributed by atoms with Gasteiger partial charge in [-0.3, -0.25) is 0 Å². The molecule has 0 aliphatic rings. The molecule has 4 heteroatoms. The van der Waals surface area contributed by atoms with Crippen LogP contribution in [0.1, 0.15) is 12.5 Å². The van der Waals surface area contributed by atoms with Crippen LogP contribution in [-0.2, 0) is 0 Å². The van der Waals surface area contributed by atoms with Crippen molar-refractivity contribution in [3.63, 3.8) is 0 Å². The van der Waals surface area contributed by atoms with Gasteiger partial charge in [-0.1, -0.05) is 11.2 Å². The average Bonchev–Trinajstić information content (AvgIpc) is 2.25. The highest BCUT2D eigenvalue weighted by Gasteiger charge is 1.99. The standard InChI is InChI=1S/C10H13N3O/c1-3-5-11-10-7-9(4-6-12-10)8(2)13-14/h3-4,6-7,14H,1,5H2,2H3,(H,11,12). The predicted octanol–water partition coefficient (Wildman–Crippen LogP) is 1.88. The van der Waals surface area contributed by atoms with Crippen LogP contribution in [0, 0.1) is 0 Å². The summed E-state index contributed by atoms with van der Waals surface area (Å²) in [6, 6.07) is 3.60. The highest BCUT2D eigenvalue weighted by Crippen LogP contribution is 2.07. The number of hydrogen-bond acceptors (Lipinski definition) is 4. The first kappa shape index (κ1) is 10.2. The van der Waals surface area contributed by atoms with Gasteiger partial charge in [-0.2, -0.15) is 0 Å². The van der Waals surface area contributed by atoms with Crippen molar-refractivity contribution in [1.29, 1.82) is 0 Å². The van der Waals surface area contributed by atoms with Crippen LogP contribution in [0.3, 0.4) is 0 Å². The Morgan fingerprint density at radius 1 is 1.79 bits per heavy atom. The maximum absolute atomic E-state index is 8.59. The van der Waals surface area contributed by atoms with E-state index in [2.05, 4.69) is 22.0 Å². The second-order valence-electron chi connectivity index (χ2n) is 2.78. The van der Waals surface area contributed by atoms with Gasteiger partial charge in [0.1, 0.15) is 5.82 Å². The SMILES string of the molecule is C=CCNc1cc(C(C)=NO)ccn1. The van der Waals surface area contributed by atoms with Gasteiger partial charge in [0.25, 0.3) is 0 Å². The minimum Gasteiger partial charge on any atom is -0.411 e. The van der Waals surface area contributed by atoms with Gasteiger partial charge in [-0.05, 0) is 19.1 Å². The molecule has 0 radical (unpaired) electrons. The largest absolute Gasteiger partial charge is 0.411 e. The fraction of sp³-hybridized carbons (Fsp3) is 0.200. The first-order valence-electron chi connectivity index (χ1n) is 4.27. The van der Waals surface area contributed by atoms with Gasteiger partial charge in [0.15, 0.2) is 0 Å². The van der Waals surface area contributed by atoms with Crippen molar-refractivity contribution >= 4 is 11.5 Å². The van der Waals surface area contributed by atoms with Crippen LogP contribution in [0.5, 0.6) is 0 Å². The van der Waals surface area contributed by atoms with Crippen molar-refractivity contribution in [2.24, 2.45) is 5.16 Å². The molecule has 0 unspecified atom stereocenters. The summed E-state index contributed by atoms with van der Waals surface area (Å²) in [5.74, 6) is 0.741. The third-order valence-corrected chi connectivity index (χ3v) is 1.76. The van der Waals surface area contributed by atoms with Crippen LogP contribution >= 0.6 is 0 Å². The Hall–Kier alpha value is -1.84. The van der Waals surface area contributed by atoms with E-state index in [1.54, 1.807) is 25.3 Å². The minimum absolute atomic E-state index is 0.564. The molecule has 2 N–H and O–H groups in total. The molecule has 0 bridgehead atoms. The summed E-state index contributed by atoms with van der Waals surface area (Å²) >= 11 is 0. The summed E-state index contributed by atoms with van der Waals surface area (Å²) in [7, 11) is 0. The van der Waals surface area contributed by atoms with Crippen molar-refractivity contribution in [1.82, 2.24) is 4.98 Å². The molecular formula is C10H13N3O. The van der Waals surface area contributed by atoms with E-state index >= 15 is 0 Å². The van der Waals surface area contributed by atoms with E-state index < -0.39 is 0 Å². The Labute approximate surface area is 83.0 Å². The molecule has 14 heavy (non-hydrogen) atoms. The molecule has 4 nitrogen and oxygen atoms in total. The number of anilines is 1. The zero-order valence-electron chi connectivity index (χ0n) is 8.07. The molecule has 0 aromatic carbocycles. The van der Waals surface area contributed by atoms with E-state index in [0.29, 0.717) is 12.3 Å². The van der Waals surface area contributed by atoms with Crippen molar-refractivity contribution in [3.05, 3.63) is 36.5 Å². The molecule has 0 amide bonds. The van der Waals surface area contributed by atoms with Gasteiger partial charge in [-0.25, -0.2) is 4.98 Å². The third kappa shape index (κ3) is 2.58. The van der Waals surface area contributed by atoms with Gasteiger partial charge >= 0.3 is 0 Å². The summed E-state index contributed by atoms with van der Waals surface area (Å²) in [6.07, 6.45) is 3.41. The molecule has 0 aliphatic carbocycles. The number of nitrogens with zero attached hydrogens (tertiary/aromatic N) is 2. The Balaban J connectivity index is 2.83. The van der Waals surface area contributed by atoms with Crippen molar-refractivity contribution in [2.75, 3.05) is 11.9 Å². The van der Waals surface area contributed by atoms with Crippen LogP contribution in [0.4, 0.5) is 5.82 Å². The van der Waals surface area contributed by atoms with Crippen molar-refractivity contribution in [2.45, 2.75) is 6.92 Å². The van der Waals surface area contributed by atoms with E-state index in [1.165, 1.54) is 0 Å². The Morgan fingerprint density at radius 3 is 3.21 bits per heavy atom. The molecule has 0 aliphatic heterocycles. The molecule has 0 atom stereocenters. The van der Waals surface area contributed by atoms with Crippen LogP contribution in [-0.4, -0.2) is 22.4 Å². The summed E-state index contributed by atoms with van der Waals surface area (Å²) in [6.45, 7) is 5.98.